The summed E-state index contributed by atoms with van der Waals surface area (Å²) in [5, 5.41) is 6.21. The van der Waals surface area contributed by atoms with E-state index in [0.717, 1.165) is 52.8 Å². The molecular formula is C25H34F3N7S. The second-order valence-corrected chi connectivity index (χ2v) is 9.78. The fourth-order valence-corrected chi connectivity index (χ4v) is 4.70. The topological polar surface area (TPSA) is 87.7 Å². The number of nitrogens with one attached hydrogen (secondary N) is 3. The second kappa shape index (κ2) is 13.0. The van der Waals surface area contributed by atoms with Gasteiger partial charge in [-0.2, -0.15) is 13.2 Å². The van der Waals surface area contributed by atoms with E-state index in [1.54, 1.807) is 12.3 Å². The number of halogens is 3. The summed E-state index contributed by atoms with van der Waals surface area (Å²) in [5.74, 6) is 1.08. The first-order chi connectivity index (χ1) is 17.2. The molecule has 196 valence electrons. The third kappa shape index (κ3) is 8.19. The predicted octanol–water partition coefficient (Wildman–Crippen LogP) is 6.30. The number of aryl methyl sites for hydroxylation is 2. The highest BCUT2D eigenvalue weighted by atomic mass is 32.2. The van der Waals surface area contributed by atoms with Gasteiger partial charge in [0.15, 0.2) is 0 Å². The van der Waals surface area contributed by atoms with Gasteiger partial charge in [-0.15, -0.1) is 0 Å². The van der Waals surface area contributed by atoms with Crippen molar-refractivity contribution in [2.24, 2.45) is 0 Å². The Morgan fingerprint density at radius 1 is 1.03 bits per heavy atom. The maximum absolute atomic E-state index is 12.3. The van der Waals surface area contributed by atoms with E-state index in [2.05, 4.69) is 25.3 Å². The molecule has 3 heterocycles. The van der Waals surface area contributed by atoms with Crippen molar-refractivity contribution in [3.05, 3.63) is 35.7 Å². The Bertz CT molecular complexity index is 1130. The molecule has 0 spiro atoms. The summed E-state index contributed by atoms with van der Waals surface area (Å²) in [6.07, 6.45) is 2.82. The normalized spacial score (nSPS) is 14.3. The number of nitrogens with zero attached hydrogens (tertiary/aromatic N) is 4. The lowest BCUT2D eigenvalue weighted by Gasteiger charge is -2.22. The van der Waals surface area contributed by atoms with Gasteiger partial charge in [-0.25, -0.2) is 19.9 Å². The van der Waals surface area contributed by atoms with Crippen molar-refractivity contribution in [2.45, 2.75) is 64.6 Å². The van der Waals surface area contributed by atoms with Crippen LogP contribution in [0.25, 0.3) is 22.3 Å². The van der Waals surface area contributed by atoms with Crippen molar-refractivity contribution in [1.82, 2.24) is 25.3 Å². The van der Waals surface area contributed by atoms with Crippen LogP contribution < -0.4 is 15.4 Å². The molecule has 0 saturated heterocycles. The molecule has 36 heavy (non-hydrogen) atoms. The van der Waals surface area contributed by atoms with Crippen LogP contribution in [0.3, 0.4) is 0 Å². The molecule has 4 rings (SSSR count). The molecule has 1 aliphatic carbocycles. The average molecular weight is 522 g/mol. The Hall–Kier alpha value is -2.66. The fraction of sp³-hybridized carbons (Fsp3) is 0.520. The number of pyridine rings is 2. The standard InChI is InChI=1S/C23H27F3N6S.C2H7N/c1-14-12-18(17-8-9-20(28-15(17)2)32-33-11-10-23(24,25)26)30-19-13-27-22(31-21(14)19)29-16-6-4-3-5-7-16;1-3-2/h8-9,12-13,16H,3-7,10-11H2,1-2H3,(H,28,32)(H,27,29,31);3H,1-2H3. The highest BCUT2D eigenvalue weighted by Crippen LogP contribution is 2.28. The van der Waals surface area contributed by atoms with E-state index < -0.39 is 12.6 Å². The number of hydrogen-bond acceptors (Lipinski definition) is 8. The van der Waals surface area contributed by atoms with Gasteiger partial charge in [-0.1, -0.05) is 31.2 Å². The van der Waals surface area contributed by atoms with Crippen LogP contribution in [0.2, 0.25) is 0 Å². The molecule has 3 aromatic heterocycles. The lowest BCUT2D eigenvalue weighted by Crippen LogP contribution is -2.23. The Morgan fingerprint density at radius 2 is 1.75 bits per heavy atom. The quantitative estimate of drug-likeness (QED) is 0.247. The SMILES string of the molecule is CNC.Cc1nc(NSCCC(F)(F)F)ccc1-c1cc(C)c2nc(NC3CCCCC3)ncc2n1. The number of fused-ring (bicyclic) bond motifs is 1. The van der Waals surface area contributed by atoms with Crippen LogP contribution in [-0.4, -0.2) is 52.0 Å². The van der Waals surface area contributed by atoms with Gasteiger partial charge in [0.2, 0.25) is 5.95 Å². The van der Waals surface area contributed by atoms with Gasteiger partial charge in [-0.05, 0) is 64.5 Å². The maximum atomic E-state index is 12.3. The van der Waals surface area contributed by atoms with Gasteiger partial charge in [0.1, 0.15) is 11.3 Å². The van der Waals surface area contributed by atoms with Gasteiger partial charge < -0.3 is 15.4 Å². The molecular weight excluding hydrogens is 487 g/mol. The van der Waals surface area contributed by atoms with Gasteiger partial charge in [0, 0.05) is 23.1 Å². The van der Waals surface area contributed by atoms with E-state index in [4.69, 9.17) is 9.97 Å². The van der Waals surface area contributed by atoms with Gasteiger partial charge in [-0.3, -0.25) is 0 Å². The lowest BCUT2D eigenvalue weighted by atomic mass is 9.96. The van der Waals surface area contributed by atoms with Crippen molar-refractivity contribution in [1.29, 1.82) is 0 Å². The first kappa shape index (κ1) is 27.9. The summed E-state index contributed by atoms with van der Waals surface area (Å²) >= 11 is 0.991. The number of anilines is 2. The van der Waals surface area contributed by atoms with Crippen LogP contribution in [0.15, 0.2) is 24.4 Å². The second-order valence-electron chi connectivity index (χ2n) is 8.88. The molecule has 0 bridgehead atoms. The molecule has 0 radical (unpaired) electrons. The molecule has 3 N–H and O–H groups in total. The largest absolute Gasteiger partial charge is 0.389 e. The van der Waals surface area contributed by atoms with Crippen LogP contribution in [0.5, 0.6) is 0 Å². The molecule has 0 aromatic carbocycles. The summed E-state index contributed by atoms with van der Waals surface area (Å²) < 4.78 is 39.7. The van der Waals surface area contributed by atoms with Crippen LogP contribution in [0, 0.1) is 13.8 Å². The summed E-state index contributed by atoms with van der Waals surface area (Å²) in [6, 6.07) is 6.03. The molecule has 7 nitrogen and oxygen atoms in total. The number of aromatic nitrogens is 4. The first-order valence-electron chi connectivity index (χ1n) is 12.1. The highest BCUT2D eigenvalue weighted by Gasteiger charge is 2.26. The molecule has 3 aromatic rings. The zero-order valence-corrected chi connectivity index (χ0v) is 22.0. The van der Waals surface area contributed by atoms with Crippen LogP contribution >= 0.6 is 11.9 Å². The highest BCUT2D eigenvalue weighted by molar-refractivity contribution is 8.00. The fourth-order valence-electron chi connectivity index (χ4n) is 4.00. The van der Waals surface area contributed by atoms with Crippen molar-refractivity contribution in [3.63, 3.8) is 0 Å². The maximum Gasteiger partial charge on any atom is 0.389 e. The third-order valence-corrected chi connectivity index (χ3v) is 6.46. The lowest BCUT2D eigenvalue weighted by molar-refractivity contribution is -0.129. The van der Waals surface area contributed by atoms with Crippen molar-refractivity contribution in [2.75, 3.05) is 29.9 Å². The summed E-state index contributed by atoms with van der Waals surface area (Å²) in [4.78, 5) is 18.4. The van der Waals surface area contributed by atoms with Crippen LogP contribution in [0.1, 0.15) is 49.8 Å². The Balaban J connectivity index is 0.00000115. The van der Waals surface area contributed by atoms with Crippen molar-refractivity contribution in [3.8, 4) is 11.3 Å². The first-order valence-corrected chi connectivity index (χ1v) is 13.1. The van der Waals surface area contributed by atoms with Crippen molar-refractivity contribution >= 4 is 34.7 Å². The minimum Gasteiger partial charge on any atom is -0.351 e. The van der Waals surface area contributed by atoms with E-state index in [-0.39, 0.29) is 5.75 Å². The molecule has 1 fully saturated rings. The molecule has 1 aliphatic rings. The Kier molecular flexibility index (Phi) is 10.1. The van der Waals surface area contributed by atoms with Crippen molar-refractivity contribution < 1.29 is 13.2 Å². The molecule has 0 aliphatic heterocycles. The monoisotopic (exact) mass is 521 g/mol. The molecule has 0 unspecified atom stereocenters. The summed E-state index contributed by atoms with van der Waals surface area (Å²) in [7, 11) is 3.75. The molecule has 0 amide bonds. The van der Waals surface area contributed by atoms with E-state index in [1.165, 1.54) is 19.3 Å². The molecule has 1 saturated carbocycles. The van der Waals surface area contributed by atoms with E-state index >= 15 is 0 Å². The van der Waals surface area contributed by atoms with Gasteiger partial charge in [0.05, 0.1) is 23.8 Å². The number of alkyl halides is 3. The zero-order valence-electron chi connectivity index (χ0n) is 21.2. The summed E-state index contributed by atoms with van der Waals surface area (Å²) in [6.45, 7) is 3.86. The third-order valence-electron chi connectivity index (χ3n) is 5.70. The van der Waals surface area contributed by atoms with E-state index in [1.807, 2.05) is 40.1 Å². The Morgan fingerprint density at radius 3 is 2.42 bits per heavy atom. The van der Waals surface area contributed by atoms with Gasteiger partial charge in [0.25, 0.3) is 0 Å². The van der Waals surface area contributed by atoms with Gasteiger partial charge >= 0.3 is 6.18 Å². The predicted molar refractivity (Wildman–Crippen MR) is 142 cm³/mol. The number of rotatable bonds is 7. The molecule has 0 atom stereocenters. The smallest absolute Gasteiger partial charge is 0.351 e. The van der Waals surface area contributed by atoms with Crippen LogP contribution in [0.4, 0.5) is 24.9 Å². The van der Waals surface area contributed by atoms with E-state index in [9.17, 15) is 13.2 Å². The Labute approximate surface area is 214 Å². The minimum atomic E-state index is -4.15. The minimum absolute atomic E-state index is 0.0744. The molecule has 11 heteroatoms. The average Bonchev–Trinajstić information content (AvgIpc) is 2.83. The zero-order chi connectivity index (χ0) is 26.1. The number of hydrogen-bond donors (Lipinski definition) is 3. The summed E-state index contributed by atoms with van der Waals surface area (Å²) in [5.41, 5.74) is 4.88. The van der Waals surface area contributed by atoms with E-state index in [0.29, 0.717) is 23.3 Å². The van der Waals surface area contributed by atoms with Crippen LogP contribution in [-0.2, 0) is 0 Å².